The van der Waals surface area contributed by atoms with Gasteiger partial charge in [0, 0.05) is 29.3 Å². The Morgan fingerprint density at radius 2 is 1.97 bits per heavy atom. The average Bonchev–Trinajstić information content (AvgIpc) is 3.25. The van der Waals surface area contributed by atoms with E-state index in [0.29, 0.717) is 18.0 Å². The van der Waals surface area contributed by atoms with Crippen molar-refractivity contribution in [1.29, 1.82) is 0 Å². The summed E-state index contributed by atoms with van der Waals surface area (Å²) < 4.78 is 30.9. The summed E-state index contributed by atoms with van der Waals surface area (Å²) in [4.78, 5) is 14.9. The van der Waals surface area contributed by atoms with Gasteiger partial charge in [0.05, 0.1) is 31.1 Å². The van der Waals surface area contributed by atoms with E-state index >= 15 is 0 Å². The van der Waals surface area contributed by atoms with Gasteiger partial charge in [0.15, 0.2) is 0 Å². The van der Waals surface area contributed by atoms with Crippen molar-refractivity contribution >= 4 is 28.8 Å². The van der Waals surface area contributed by atoms with Crippen LogP contribution in [0, 0.1) is 5.82 Å². The second-order valence-electron chi connectivity index (χ2n) is 7.75. The molecule has 1 aliphatic carbocycles. The Kier molecular flexibility index (Phi) is 6.48. The fraction of sp³-hybridized carbons (Fsp3) is 0.435. The summed E-state index contributed by atoms with van der Waals surface area (Å²) in [6.07, 6.45) is 3.38. The average molecular weight is 447 g/mol. The molecule has 2 aliphatic rings. The molecule has 0 unspecified atom stereocenters. The quantitative estimate of drug-likeness (QED) is 0.647. The van der Waals surface area contributed by atoms with Crippen molar-refractivity contribution in [1.82, 2.24) is 4.90 Å². The summed E-state index contributed by atoms with van der Waals surface area (Å²) in [6, 6.07) is 6.48. The maximum atomic E-state index is 14.1. The number of benzene rings is 1. The van der Waals surface area contributed by atoms with Crippen LogP contribution in [0.1, 0.15) is 43.0 Å². The molecule has 1 aromatic heterocycles. The van der Waals surface area contributed by atoms with Crippen molar-refractivity contribution in [2.75, 3.05) is 19.5 Å². The molecule has 0 bridgehead atoms. The van der Waals surface area contributed by atoms with Gasteiger partial charge < -0.3 is 19.5 Å². The van der Waals surface area contributed by atoms with Gasteiger partial charge in [-0.05, 0) is 49.8 Å². The topological polar surface area (TPSA) is 60.0 Å². The third kappa shape index (κ3) is 4.41. The fourth-order valence-electron chi connectivity index (χ4n) is 4.21. The zero-order valence-corrected chi connectivity index (χ0v) is 18.8. The van der Waals surface area contributed by atoms with Gasteiger partial charge >= 0.3 is 6.09 Å². The second-order valence-corrected chi connectivity index (χ2v) is 8.76. The number of allylic oxidation sites excluding steroid dienone is 1. The van der Waals surface area contributed by atoms with Crippen LogP contribution in [0.25, 0.3) is 5.70 Å². The first-order valence-electron chi connectivity index (χ1n) is 10.4. The molecule has 1 fully saturated rings. The molecule has 2 heterocycles. The first-order valence-corrected chi connectivity index (χ1v) is 11.3. The van der Waals surface area contributed by atoms with Crippen LogP contribution in [-0.4, -0.2) is 37.4 Å². The van der Waals surface area contributed by atoms with Crippen molar-refractivity contribution in [3.8, 4) is 5.75 Å². The SMILES string of the molecule is COC(=O)N1Cc2sccc2C(Nc2ccc(F)cc2O[C@H]2CCCC[C@@H]2OC)=C1C. The van der Waals surface area contributed by atoms with E-state index in [-0.39, 0.29) is 18.0 Å². The summed E-state index contributed by atoms with van der Waals surface area (Å²) in [5, 5.41) is 5.40. The minimum Gasteiger partial charge on any atom is -0.485 e. The number of halogens is 1. The Bertz CT molecular complexity index is 990. The van der Waals surface area contributed by atoms with Crippen LogP contribution in [0.4, 0.5) is 14.9 Å². The number of anilines is 1. The molecule has 1 aliphatic heterocycles. The number of methoxy groups -OCH3 is 2. The molecule has 0 radical (unpaired) electrons. The summed E-state index contributed by atoms with van der Waals surface area (Å²) in [7, 11) is 3.06. The fourth-order valence-corrected chi connectivity index (χ4v) is 5.08. The van der Waals surface area contributed by atoms with E-state index in [9.17, 15) is 9.18 Å². The first-order chi connectivity index (χ1) is 15.0. The van der Waals surface area contributed by atoms with E-state index in [4.69, 9.17) is 14.2 Å². The van der Waals surface area contributed by atoms with Crippen LogP contribution in [0.5, 0.6) is 5.75 Å². The summed E-state index contributed by atoms with van der Waals surface area (Å²) in [6.45, 7) is 2.33. The molecule has 8 heteroatoms. The number of nitrogens with one attached hydrogen (secondary N) is 1. The molecule has 31 heavy (non-hydrogen) atoms. The first kappa shape index (κ1) is 21.6. The Morgan fingerprint density at radius 3 is 2.71 bits per heavy atom. The lowest BCUT2D eigenvalue weighted by molar-refractivity contribution is -0.0227. The van der Waals surface area contributed by atoms with E-state index < -0.39 is 6.09 Å². The normalized spacial score (nSPS) is 21.0. The zero-order chi connectivity index (χ0) is 22.0. The van der Waals surface area contributed by atoms with Crippen molar-refractivity contribution in [3.05, 3.63) is 51.6 Å². The van der Waals surface area contributed by atoms with E-state index in [1.807, 2.05) is 18.4 Å². The molecule has 1 amide bonds. The number of carbonyl (C=O) groups is 1. The molecule has 1 N–H and O–H groups in total. The highest BCUT2D eigenvalue weighted by Crippen LogP contribution is 2.38. The summed E-state index contributed by atoms with van der Waals surface area (Å²) in [5.74, 6) is 0.0632. The van der Waals surface area contributed by atoms with Gasteiger partial charge in [0.2, 0.25) is 0 Å². The molecule has 4 rings (SSSR count). The van der Waals surface area contributed by atoms with Crippen molar-refractivity contribution in [2.24, 2.45) is 0 Å². The van der Waals surface area contributed by atoms with E-state index in [0.717, 1.165) is 47.5 Å². The Hall–Kier alpha value is -2.58. The molecular weight excluding hydrogens is 419 g/mol. The van der Waals surface area contributed by atoms with Crippen molar-refractivity contribution < 1.29 is 23.4 Å². The molecule has 0 spiro atoms. The van der Waals surface area contributed by atoms with Gasteiger partial charge in [-0.25, -0.2) is 9.18 Å². The molecular formula is C23H27FN2O4S. The molecule has 1 aromatic carbocycles. The number of hydrogen-bond acceptors (Lipinski definition) is 6. The lowest BCUT2D eigenvalue weighted by Gasteiger charge is -2.32. The Morgan fingerprint density at radius 1 is 1.19 bits per heavy atom. The van der Waals surface area contributed by atoms with Gasteiger partial charge in [-0.15, -0.1) is 11.3 Å². The van der Waals surface area contributed by atoms with Crippen LogP contribution in [0.2, 0.25) is 0 Å². The lowest BCUT2D eigenvalue weighted by Crippen LogP contribution is -2.36. The maximum Gasteiger partial charge on any atom is 0.414 e. The lowest BCUT2D eigenvalue weighted by atomic mass is 9.94. The van der Waals surface area contributed by atoms with E-state index in [1.54, 1.807) is 29.4 Å². The number of ether oxygens (including phenoxy) is 3. The minimum absolute atomic E-state index is 0.0150. The number of nitrogens with zero attached hydrogens (tertiary/aromatic N) is 1. The van der Waals surface area contributed by atoms with Gasteiger partial charge in [-0.2, -0.15) is 0 Å². The van der Waals surface area contributed by atoms with Gasteiger partial charge in [0.1, 0.15) is 17.7 Å². The number of hydrogen-bond donors (Lipinski definition) is 1. The largest absolute Gasteiger partial charge is 0.485 e. The Balaban J connectivity index is 1.67. The monoisotopic (exact) mass is 446 g/mol. The van der Waals surface area contributed by atoms with Crippen LogP contribution >= 0.6 is 11.3 Å². The second kappa shape index (κ2) is 9.28. The number of rotatable bonds is 5. The minimum atomic E-state index is -0.420. The standard InChI is InChI=1S/C23H27FN2O4S/c1-14-22(16-10-11-31-21(16)13-26(14)23(27)29-3)25-17-9-8-15(24)12-20(17)30-19-7-5-4-6-18(19)28-2/h8-12,18-19,25H,4-7,13H2,1-3H3/t18-,19-/m0/s1. The number of amides is 1. The molecule has 2 aromatic rings. The number of thiophene rings is 1. The highest BCUT2D eigenvalue weighted by Gasteiger charge is 2.30. The van der Waals surface area contributed by atoms with Crippen molar-refractivity contribution in [2.45, 2.75) is 51.4 Å². The third-order valence-corrected chi connectivity index (χ3v) is 6.81. The van der Waals surface area contributed by atoms with Crippen LogP contribution in [-0.2, 0) is 16.0 Å². The van der Waals surface area contributed by atoms with Crippen LogP contribution < -0.4 is 10.1 Å². The molecule has 2 atom stereocenters. The number of carbonyl (C=O) groups excluding carboxylic acids is 1. The summed E-state index contributed by atoms with van der Waals surface area (Å²) >= 11 is 1.58. The summed E-state index contributed by atoms with van der Waals surface area (Å²) in [5.41, 5.74) is 3.17. The third-order valence-electron chi connectivity index (χ3n) is 5.90. The Labute approximate surface area is 185 Å². The molecule has 0 saturated heterocycles. The van der Waals surface area contributed by atoms with Gasteiger partial charge in [0.25, 0.3) is 0 Å². The van der Waals surface area contributed by atoms with Gasteiger partial charge in [-0.3, -0.25) is 4.90 Å². The molecule has 1 saturated carbocycles. The van der Waals surface area contributed by atoms with Crippen LogP contribution in [0.15, 0.2) is 35.3 Å². The predicted octanol–water partition coefficient (Wildman–Crippen LogP) is 5.61. The van der Waals surface area contributed by atoms with E-state index in [1.165, 1.54) is 19.2 Å². The van der Waals surface area contributed by atoms with Crippen molar-refractivity contribution in [3.63, 3.8) is 0 Å². The molecule has 6 nitrogen and oxygen atoms in total. The zero-order valence-electron chi connectivity index (χ0n) is 17.9. The highest BCUT2D eigenvalue weighted by atomic mass is 32.1. The predicted molar refractivity (Wildman–Crippen MR) is 119 cm³/mol. The number of fused-ring (bicyclic) bond motifs is 1. The van der Waals surface area contributed by atoms with Gasteiger partial charge in [-0.1, -0.05) is 6.42 Å². The van der Waals surface area contributed by atoms with E-state index in [2.05, 4.69) is 5.32 Å². The van der Waals surface area contributed by atoms with Crippen LogP contribution in [0.3, 0.4) is 0 Å². The smallest absolute Gasteiger partial charge is 0.414 e. The maximum absolute atomic E-state index is 14.1. The molecule has 166 valence electrons. The highest BCUT2D eigenvalue weighted by molar-refractivity contribution is 7.10.